The lowest BCUT2D eigenvalue weighted by atomic mass is 9.77. The third-order valence-corrected chi connectivity index (χ3v) is 6.08. The molecule has 4 aromatic rings. The first kappa shape index (κ1) is 17.1. The summed E-state index contributed by atoms with van der Waals surface area (Å²) in [7, 11) is 0. The summed E-state index contributed by atoms with van der Waals surface area (Å²) in [6.45, 7) is 0.498. The molecule has 3 heterocycles. The van der Waals surface area contributed by atoms with E-state index in [0.29, 0.717) is 28.8 Å². The van der Waals surface area contributed by atoms with Gasteiger partial charge in [0.25, 0.3) is 0 Å². The number of ether oxygens (including phenoxy) is 1. The molecule has 0 saturated heterocycles. The molecule has 6 heteroatoms. The standard InChI is InChI=1S/C24H16FNO4/c25-15-7-5-14(6-8-15)11-26-19-4-2-1-3-17(19)24(23(26)28)13-30-22-10-21-16(9-18(22)24)20(27)12-29-21/h1-10,12,27H,11,13H2. The quantitative estimate of drug-likeness (QED) is 0.537. The largest absolute Gasteiger partial charge is 0.504 e. The highest BCUT2D eigenvalue weighted by molar-refractivity contribution is 6.12. The lowest BCUT2D eigenvalue weighted by Gasteiger charge is -2.23. The number of anilines is 1. The molecule has 30 heavy (non-hydrogen) atoms. The zero-order valence-electron chi connectivity index (χ0n) is 15.8. The number of halogens is 1. The zero-order valence-corrected chi connectivity index (χ0v) is 15.8. The van der Waals surface area contributed by atoms with Gasteiger partial charge in [-0.15, -0.1) is 0 Å². The van der Waals surface area contributed by atoms with Gasteiger partial charge in [0.05, 0.1) is 11.9 Å². The molecule has 1 spiro atoms. The Morgan fingerprint density at radius 1 is 1.07 bits per heavy atom. The maximum Gasteiger partial charge on any atom is 0.246 e. The lowest BCUT2D eigenvalue weighted by Crippen LogP contribution is -2.42. The van der Waals surface area contributed by atoms with Gasteiger partial charge < -0.3 is 19.2 Å². The fraction of sp³-hybridized carbons (Fsp3) is 0.125. The zero-order chi connectivity index (χ0) is 20.5. The van der Waals surface area contributed by atoms with Crippen LogP contribution in [0.1, 0.15) is 16.7 Å². The summed E-state index contributed by atoms with van der Waals surface area (Å²) in [4.78, 5) is 15.6. The molecule has 3 aromatic carbocycles. The SMILES string of the molecule is O=C1N(Cc2ccc(F)cc2)c2ccccc2C12COc1cc3occ(O)c3cc12. The van der Waals surface area contributed by atoms with Crippen LogP contribution in [0.25, 0.3) is 11.0 Å². The molecule has 1 amide bonds. The van der Waals surface area contributed by atoms with E-state index in [9.17, 15) is 14.3 Å². The second kappa shape index (κ2) is 5.86. The van der Waals surface area contributed by atoms with Crippen LogP contribution in [0.3, 0.4) is 0 Å². The molecule has 148 valence electrons. The predicted molar refractivity (Wildman–Crippen MR) is 108 cm³/mol. The number of rotatable bonds is 2. The summed E-state index contributed by atoms with van der Waals surface area (Å²) >= 11 is 0. The Balaban J connectivity index is 1.53. The summed E-state index contributed by atoms with van der Waals surface area (Å²) in [5.74, 6) is 0.180. The summed E-state index contributed by atoms with van der Waals surface area (Å²) < 4.78 is 24.7. The maximum absolute atomic E-state index is 13.9. The monoisotopic (exact) mass is 401 g/mol. The van der Waals surface area contributed by atoms with Crippen LogP contribution >= 0.6 is 0 Å². The fourth-order valence-corrected chi connectivity index (χ4v) is 4.61. The molecular weight excluding hydrogens is 385 g/mol. The van der Waals surface area contributed by atoms with Crippen LogP contribution in [0, 0.1) is 5.82 Å². The van der Waals surface area contributed by atoms with Gasteiger partial charge in [0.15, 0.2) is 5.75 Å². The van der Waals surface area contributed by atoms with Crippen LogP contribution in [0.2, 0.25) is 0 Å². The van der Waals surface area contributed by atoms with E-state index in [1.165, 1.54) is 18.4 Å². The van der Waals surface area contributed by atoms with E-state index in [0.717, 1.165) is 16.8 Å². The minimum Gasteiger partial charge on any atom is -0.504 e. The van der Waals surface area contributed by atoms with Crippen molar-refractivity contribution >= 4 is 22.6 Å². The normalized spacial score (nSPS) is 19.4. The van der Waals surface area contributed by atoms with Crippen molar-refractivity contribution in [1.29, 1.82) is 0 Å². The van der Waals surface area contributed by atoms with Crippen molar-refractivity contribution in [3.8, 4) is 11.5 Å². The average molecular weight is 401 g/mol. The van der Waals surface area contributed by atoms with Crippen LogP contribution in [0.5, 0.6) is 11.5 Å². The number of fused-ring (bicyclic) bond motifs is 5. The minimum absolute atomic E-state index is 0.0248. The van der Waals surface area contributed by atoms with Gasteiger partial charge in [0, 0.05) is 17.3 Å². The predicted octanol–water partition coefficient (Wildman–Crippen LogP) is 4.50. The molecule has 2 aliphatic heterocycles. The highest BCUT2D eigenvalue weighted by atomic mass is 19.1. The Morgan fingerprint density at radius 2 is 1.87 bits per heavy atom. The number of carbonyl (C=O) groups excluding carboxylic acids is 1. The van der Waals surface area contributed by atoms with Crippen molar-refractivity contribution in [2.24, 2.45) is 0 Å². The van der Waals surface area contributed by atoms with Crippen LogP contribution in [-0.2, 0) is 16.8 Å². The number of hydrogen-bond donors (Lipinski definition) is 1. The van der Waals surface area contributed by atoms with Gasteiger partial charge in [-0.2, -0.15) is 0 Å². The van der Waals surface area contributed by atoms with E-state index in [1.54, 1.807) is 29.2 Å². The van der Waals surface area contributed by atoms with Crippen molar-refractivity contribution < 1.29 is 23.4 Å². The Bertz CT molecular complexity index is 1330. The van der Waals surface area contributed by atoms with Crippen LogP contribution < -0.4 is 9.64 Å². The molecule has 5 nitrogen and oxygen atoms in total. The molecule has 1 atom stereocenters. The second-order valence-corrected chi connectivity index (χ2v) is 7.69. The molecule has 1 unspecified atom stereocenters. The summed E-state index contributed by atoms with van der Waals surface area (Å²) in [6.07, 6.45) is 1.28. The van der Waals surface area contributed by atoms with Gasteiger partial charge in [-0.3, -0.25) is 4.79 Å². The maximum atomic E-state index is 13.9. The van der Waals surface area contributed by atoms with Gasteiger partial charge in [-0.25, -0.2) is 4.39 Å². The van der Waals surface area contributed by atoms with Crippen molar-refractivity contribution in [2.75, 3.05) is 11.5 Å². The van der Waals surface area contributed by atoms with Gasteiger partial charge in [0.1, 0.15) is 35.4 Å². The van der Waals surface area contributed by atoms with E-state index in [4.69, 9.17) is 9.15 Å². The Morgan fingerprint density at radius 3 is 2.70 bits per heavy atom. The fourth-order valence-electron chi connectivity index (χ4n) is 4.61. The van der Waals surface area contributed by atoms with E-state index < -0.39 is 5.41 Å². The topological polar surface area (TPSA) is 62.9 Å². The third-order valence-electron chi connectivity index (χ3n) is 6.08. The number of nitrogens with zero attached hydrogens (tertiary/aromatic N) is 1. The lowest BCUT2D eigenvalue weighted by molar-refractivity contribution is -0.122. The summed E-state index contributed by atoms with van der Waals surface area (Å²) in [5, 5.41) is 10.7. The van der Waals surface area contributed by atoms with Gasteiger partial charge in [-0.05, 0) is 35.4 Å². The Hall–Kier alpha value is -3.80. The van der Waals surface area contributed by atoms with Gasteiger partial charge in [0.2, 0.25) is 5.91 Å². The van der Waals surface area contributed by atoms with Crippen molar-refractivity contribution in [3.05, 3.63) is 89.4 Å². The van der Waals surface area contributed by atoms with Crippen molar-refractivity contribution in [1.82, 2.24) is 0 Å². The number of aromatic hydroxyl groups is 1. The Kier molecular flexibility index (Phi) is 3.34. The molecule has 0 bridgehead atoms. The van der Waals surface area contributed by atoms with E-state index in [1.807, 2.05) is 24.3 Å². The summed E-state index contributed by atoms with van der Waals surface area (Å²) in [6, 6.07) is 17.3. The third kappa shape index (κ3) is 2.13. The first-order valence-electron chi connectivity index (χ1n) is 9.61. The number of para-hydroxylation sites is 1. The molecule has 0 fully saturated rings. The Labute approximate surface area is 170 Å². The first-order chi connectivity index (χ1) is 14.6. The van der Waals surface area contributed by atoms with Gasteiger partial charge >= 0.3 is 0 Å². The van der Waals surface area contributed by atoms with E-state index in [-0.39, 0.29) is 24.1 Å². The molecule has 2 aliphatic rings. The number of hydrogen-bond acceptors (Lipinski definition) is 4. The van der Waals surface area contributed by atoms with E-state index in [2.05, 4.69) is 0 Å². The molecule has 0 radical (unpaired) electrons. The van der Waals surface area contributed by atoms with Crippen molar-refractivity contribution in [3.63, 3.8) is 0 Å². The highest BCUT2D eigenvalue weighted by Gasteiger charge is 2.57. The molecular formula is C24H16FNO4. The molecule has 1 N–H and O–H groups in total. The molecule has 0 aliphatic carbocycles. The molecule has 1 aromatic heterocycles. The number of benzene rings is 3. The van der Waals surface area contributed by atoms with E-state index >= 15 is 0 Å². The number of furan rings is 1. The second-order valence-electron chi connectivity index (χ2n) is 7.69. The number of amides is 1. The molecule has 0 saturated carbocycles. The van der Waals surface area contributed by atoms with Crippen LogP contribution in [-0.4, -0.2) is 17.6 Å². The van der Waals surface area contributed by atoms with Crippen molar-refractivity contribution in [2.45, 2.75) is 12.0 Å². The first-order valence-corrected chi connectivity index (χ1v) is 9.61. The smallest absolute Gasteiger partial charge is 0.246 e. The number of carbonyl (C=O) groups is 1. The summed E-state index contributed by atoms with van der Waals surface area (Å²) in [5.41, 5.74) is 2.72. The van der Waals surface area contributed by atoms with Gasteiger partial charge in [-0.1, -0.05) is 30.3 Å². The molecule has 6 rings (SSSR count). The highest BCUT2D eigenvalue weighted by Crippen LogP contribution is 2.53. The van der Waals surface area contributed by atoms with Crippen LogP contribution in [0.4, 0.5) is 10.1 Å². The average Bonchev–Trinajstić information content (AvgIpc) is 3.39. The minimum atomic E-state index is -0.996. The van der Waals surface area contributed by atoms with Crippen LogP contribution in [0.15, 0.2) is 71.3 Å².